The van der Waals surface area contributed by atoms with Gasteiger partial charge >= 0.3 is 0 Å². The summed E-state index contributed by atoms with van der Waals surface area (Å²) in [4.78, 5) is 0. The summed E-state index contributed by atoms with van der Waals surface area (Å²) >= 11 is 0. The van der Waals surface area contributed by atoms with Crippen molar-refractivity contribution in [2.45, 2.75) is 19.4 Å². The maximum atomic E-state index is 10.0. The Balaban J connectivity index is 2.13. The van der Waals surface area contributed by atoms with Gasteiger partial charge in [-0.1, -0.05) is 29.8 Å². The van der Waals surface area contributed by atoms with Gasteiger partial charge < -0.3 is 15.6 Å². The van der Waals surface area contributed by atoms with E-state index in [4.69, 9.17) is 10.5 Å². The van der Waals surface area contributed by atoms with Crippen LogP contribution in [-0.4, -0.2) is 11.7 Å². The van der Waals surface area contributed by atoms with Crippen LogP contribution in [0.15, 0.2) is 48.5 Å². The van der Waals surface area contributed by atoms with Crippen LogP contribution in [0.3, 0.4) is 0 Å². The number of aliphatic hydroxyl groups is 1. The highest BCUT2D eigenvalue weighted by Gasteiger charge is 2.20. The van der Waals surface area contributed by atoms with Crippen molar-refractivity contribution in [1.82, 2.24) is 0 Å². The molecule has 2 rings (SSSR count). The van der Waals surface area contributed by atoms with Crippen LogP contribution in [-0.2, 0) is 5.60 Å². The average molecular weight is 257 g/mol. The molecular weight excluding hydrogens is 238 g/mol. The molecule has 0 saturated heterocycles. The molecule has 3 N–H and O–H groups in total. The lowest BCUT2D eigenvalue weighted by Gasteiger charge is -2.21. The fourth-order valence-electron chi connectivity index (χ4n) is 1.74. The van der Waals surface area contributed by atoms with Gasteiger partial charge in [-0.15, -0.1) is 0 Å². The lowest BCUT2D eigenvalue weighted by molar-refractivity contribution is 0.0668. The van der Waals surface area contributed by atoms with Crippen molar-refractivity contribution in [3.05, 3.63) is 59.7 Å². The van der Waals surface area contributed by atoms with Crippen LogP contribution in [0.2, 0.25) is 0 Å². The van der Waals surface area contributed by atoms with Gasteiger partial charge in [0.05, 0.1) is 5.60 Å². The highest BCUT2D eigenvalue weighted by atomic mass is 16.5. The van der Waals surface area contributed by atoms with E-state index in [1.54, 1.807) is 6.92 Å². The second-order valence-corrected chi connectivity index (χ2v) is 4.92. The zero-order chi connectivity index (χ0) is 13.9. The summed E-state index contributed by atoms with van der Waals surface area (Å²) in [6, 6.07) is 15.2. The van der Waals surface area contributed by atoms with Crippen LogP contribution in [0.4, 0.5) is 0 Å². The van der Waals surface area contributed by atoms with E-state index in [9.17, 15) is 5.11 Å². The molecule has 0 aromatic heterocycles. The van der Waals surface area contributed by atoms with Gasteiger partial charge in [0.15, 0.2) is 0 Å². The summed E-state index contributed by atoms with van der Waals surface area (Å²) in [5.41, 5.74) is 6.51. The quantitative estimate of drug-likeness (QED) is 0.885. The van der Waals surface area contributed by atoms with Crippen molar-refractivity contribution in [1.29, 1.82) is 0 Å². The average Bonchev–Trinajstić information content (AvgIpc) is 2.42. The highest BCUT2D eigenvalue weighted by molar-refractivity contribution is 5.35. The maximum Gasteiger partial charge on any atom is 0.127 e. The molecule has 0 aliphatic carbocycles. The van der Waals surface area contributed by atoms with E-state index in [0.717, 1.165) is 17.1 Å². The SMILES string of the molecule is Cc1ccc(Oc2ccc(C(C)(O)CN)cc2)cc1. The first kappa shape index (κ1) is 13.6. The zero-order valence-corrected chi connectivity index (χ0v) is 11.3. The fraction of sp³-hybridized carbons (Fsp3) is 0.250. The molecule has 0 radical (unpaired) electrons. The molecule has 100 valence electrons. The van der Waals surface area contributed by atoms with Crippen LogP contribution in [0.1, 0.15) is 18.1 Å². The van der Waals surface area contributed by atoms with Crippen LogP contribution in [0.25, 0.3) is 0 Å². The Labute approximate surface area is 113 Å². The Kier molecular flexibility index (Phi) is 3.88. The van der Waals surface area contributed by atoms with Crippen molar-refractivity contribution < 1.29 is 9.84 Å². The summed E-state index contributed by atoms with van der Waals surface area (Å²) in [5, 5.41) is 10.0. The number of nitrogens with two attached hydrogens (primary N) is 1. The molecule has 0 amide bonds. The van der Waals surface area contributed by atoms with Gasteiger partial charge in [-0.05, 0) is 43.7 Å². The van der Waals surface area contributed by atoms with Gasteiger partial charge in [0.25, 0.3) is 0 Å². The van der Waals surface area contributed by atoms with Gasteiger partial charge in [0, 0.05) is 6.54 Å². The Morgan fingerprint density at radius 1 is 1.00 bits per heavy atom. The second-order valence-electron chi connectivity index (χ2n) is 4.92. The number of benzene rings is 2. The van der Waals surface area contributed by atoms with E-state index < -0.39 is 5.60 Å². The van der Waals surface area contributed by atoms with E-state index in [2.05, 4.69) is 0 Å². The number of hydrogen-bond acceptors (Lipinski definition) is 3. The first-order chi connectivity index (χ1) is 9.01. The Morgan fingerprint density at radius 2 is 1.47 bits per heavy atom. The van der Waals surface area contributed by atoms with Gasteiger partial charge in [-0.25, -0.2) is 0 Å². The molecule has 2 aromatic carbocycles. The normalized spacial score (nSPS) is 13.9. The topological polar surface area (TPSA) is 55.5 Å². The Morgan fingerprint density at radius 3 is 1.95 bits per heavy atom. The third-order valence-electron chi connectivity index (χ3n) is 3.13. The van der Waals surface area contributed by atoms with Gasteiger partial charge in [0.1, 0.15) is 11.5 Å². The van der Waals surface area contributed by atoms with Crippen LogP contribution < -0.4 is 10.5 Å². The van der Waals surface area contributed by atoms with E-state index in [0.29, 0.717) is 0 Å². The van der Waals surface area contributed by atoms with Crippen molar-refractivity contribution >= 4 is 0 Å². The molecule has 0 aliphatic heterocycles. The molecule has 2 aromatic rings. The Bertz CT molecular complexity index is 530. The predicted molar refractivity (Wildman–Crippen MR) is 76.3 cm³/mol. The molecule has 0 bridgehead atoms. The minimum atomic E-state index is -0.998. The lowest BCUT2D eigenvalue weighted by Crippen LogP contribution is -2.31. The van der Waals surface area contributed by atoms with Crippen LogP contribution in [0.5, 0.6) is 11.5 Å². The van der Waals surface area contributed by atoms with Crippen LogP contribution in [0, 0.1) is 6.92 Å². The minimum absolute atomic E-state index is 0.186. The molecule has 0 fully saturated rings. The number of ether oxygens (including phenoxy) is 1. The van der Waals surface area contributed by atoms with E-state index >= 15 is 0 Å². The monoisotopic (exact) mass is 257 g/mol. The smallest absolute Gasteiger partial charge is 0.127 e. The van der Waals surface area contributed by atoms with Crippen molar-refractivity contribution in [2.75, 3.05) is 6.54 Å². The van der Waals surface area contributed by atoms with Crippen molar-refractivity contribution in [3.8, 4) is 11.5 Å². The second kappa shape index (κ2) is 5.43. The number of hydrogen-bond donors (Lipinski definition) is 2. The molecule has 3 heteroatoms. The molecule has 1 atom stereocenters. The zero-order valence-electron chi connectivity index (χ0n) is 11.3. The van der Waals surface area contributed by atoms with Crippen molar-refractivity contribution in [3.63, 3.8) is 0 Å². The predicted octanol–water partition coefficient (Wildman–Crippen LogP) is 2.95. The van der Waals surface area contributed by atoms with Gasteiger partial charge in [-0.3, -0.25) is 0 Å². The summed E-state index contributed by atoms with van der Waals surface area (Å²) in [6.45, 7) is 3.92. The third kappa shape index (κ3) is 3.34. The third-order valence-corrected chi connectivity index (χ3v) is 3.13. The molecule has 0 saturated carbocycles. The standard InChI is InChI=1S/C16H19NO2/c1-12-3-7-14(8-4-12)19-15-9-5-13(6-10-15)16(2,18)11-17/h3-10,18H,11,17H2,1-2H3. The van der Waals surface area contributed by atoms with E-state index in [-0.39, 0.29) is 6.54 Å². The maximum absolute atomic E-state index is 10.0. The molecule has 3 nitrogen and oxygen atoms in total. The fourth-order valence-corrected chi connectivity index (χ4v) is 1.74. The summed E-state index contributed by atoms with van der Waals surface area (Å²) in [7, 11) is 0. The van der Waals surface area contributed by atoms with Crippen LogP contribution >= 0.6 is 0 Å². The van der Waals surface area contributed by atoms with Gasteiger partial charge in [0.2, 0.25) is 0 Å². The molecule has 19 heavy (non-hydrogen) atoms. The Hall–Kier alpha value is -1.84. The highest BCUT2D eigenvalue weighted by Crippen LogP contribution is 2.25. The largest absolute Gasteiger partial charge is 0.457 e. The van der Waals surface area contributed by atoms with Crippen molar-refractivity contribution in [2.24, 2.45) is 5.73 Å². The molecule has 0 aliphatic rings. The molecular formula is C16H19NO2. The molecule has 0 spiro atoms. The first-order valence-corrected chi connectivity index (χ1v) is 6.29. The molecule has 0 heterocycles. The lowest BCUT2D eigenvalue weighted by atomic mass is 9.96. The minimum Gasteiger partial charge on any atom is -0.457 e. The molecule has 1 unspecified atom stereocenters. The van der Waals surface area contributed by atoms with E-state index in [1.807, 2.05) is 55.5 Å². The number of aryl methyl sites for hydroxylation is 1. The first-order valence-electron chi connectivity index (χ1n) is 6.29. The number of rotatable bonds is 4. The summed E-state index contributed by atoms with van der Waals surface area (Å²) < 4.78 is 5.72. The van der Waals surface area contributed by atoms with Gasteiger partial charge in [-0.2, -0.15) is 0 Å². The summed E-state index contributed by atoms with van der Waals surface area (Å²) in [5.74, 6) is 1.53. The summed E-state index contributed by atoms with van der Waals surface area (Å²) in [6.07, 6.45) is 0. The van der Waals surface area contributed by atoms with E-state index in [1.165, 1.54) is 5.56 Å².